The van der Waals surface area contributed by atoms with E-state index in [1.54, 1.807) is 66.7 Å². The number of aliphatic hydroxyl groups is 2. The number of aliphatic hydroxyl groups excluding tert-OH is 2. The minimum Gasteiger partial charge on any atom is -0.491 e. The van der Waals surface area contributed by atoms with E-state index < -0.39 is 62.9 Å². The van der Waals surface area contributed by atoms with Gasteiger partial charge in [-0.3, -0.25) is 18.9 Å². The Labute approximate surface area is 779 Å². The van der Waals surface area contributed by atoms with Crippen molar-refractivity contribution in [3.05, 3.63) is 232 Å². The van der Waals surface area contributed by atoms with Crippen LogP contribution in [0.2, 0.25) is 5.15 Å². The van der Waals surface area contributed by atoms with Crippen molar-refractivity contribution < 1.29 is 135 Å². The van der Waals surface area contributed by atoms with Gasteiger partial charge in [0, 0.05) is 11.1 Å². The second-order valence-corrected chi connectivity index (χ2v) is 37.6. The van der Waals surface area contributed by atoms with Crippen LogP contribution in [0.4, 0.5) is 43.8 Å². The Balaban J connectivity index is 0.000000134. The van der Waals surface area contributed by atoms with E-state index >= 15 is 0 Å². The van der Waals surface area contributed by atoms with Gasteiger partial charge in [-0.25, -0.2) is 15.0 Å². The molecule has 3 saturated carbocycles. The average molecular weight is 1910 g/mol. The van der Waals surface area contributed by atoms with E-state index in [0.717, 1.165) is 50.3 Å². The number of ether oxygens (including phenoxy) is 13. The summed E-state index contributed by atoms with van der Waals surface area (Å²) in [5.41, 5.74) is 6.31. The van der Waals surface area contributed by atoms with Gasteiger partial charge >= 0.3 is 26.0 Å². The molecule has 9 aliphatic rings. The number of rotatable bonds is 23. The number of carbonyl (C=O) groups is 3. The van der Waals surface area contributed by atoms with Crippen LogP contribution in [-0.2, 0) is 69.0 Å². The van der Waals surface area contributed by atoms with Gasteiger partial charge in [-0.2, -0.15) is 8.42 Å². The van der Waals surface area contributed by atoms with Gasteiger partial charge in [0.2, 0.25) is 17.7 Å². The molecule has 0 unspecified atom stereocenters. The maximum atomic E-state index is 13.4. The first kappa shape index (κ1) is 97.7. The Hall–Kier alpha value is -11.9. The van der Waals surface area contributed by atoms with Crippen LogP contribution >= 0.6 is 11.6 Å². The lowest BCUT2D eigenvalue weighted by Crippen LogP contribution is -2.41. The Morgan fingerprint density at radius 3 is 1.13 bits per heavy atom. The molecule has 0 radical (unpaired) electrons. The molecular formula is C97H100BClF6N6O23S. The van der Waals surface area contributed by atoms with Crippen LogP contribution < -0.4 is 64.0 Å². The molecular weight excluding hydrogens is 1810 g/mol. The number of carbonyl (C=O) groups excluding carboxylic acids is 3. The highest BCUT2D eigenvalue weighted by atomic mass is 35.5. The third kappa shape index (κ3) is 23.3. The van der Waals surface area contributed by atoms with Crippen molar-refractivity contribution in [1.29, 1.82) is 0 Å². The fraction of sp³-hybridized carbons (Fsp3) is 0.381. The van der Waals surface area contributed by atoms with Gasteiger partial charge in [-0.1, -0.05) is 77.8 Å². The summed E-state index contributed by atoms with van der Waals surface area (Å²) in [6.07, 6.45) is -8.70. The Morgan fingerprint density at radius 1 is 0.459 bits per heavy atom. The number of alkyl halides is 6. The van der Waals surface area contributed by atoms with Crippen LogP contribution in [0.1, 0.15) is 133 Å². The molecule has 3 aliphatic carbocycles. The highest BCUT2D eigenvalue weighted by Crippen LogP contribution is 2.56. The highest BCUT2D eigenvalue weighted by Gasteiger charge is 2.57. The van der Waals surface area contributed by atoms with Gasteiger partial charge in [0.15, 0.2) is 46.1 Å². The minimum absolute atomic E-state index is 0.0256. The average Bonchev–Trinajstić information content (AvgIpc) is 1.59. The van der Waals surface area contributed by atoms with Gasteiger partial charge in [-0.15, -0.1) is 26.3 Å². The highest BCUT2D eigenvalue weighted by molar-refractivity contribution is 7.85. The number of aromatic nitrogens is 3. The predicted octanol–water partition coefficient (Wildman–Crippen LogP) is 17.2. The first-order chi connectivity index (χ1) is 63.6. The van der Waals surface area contributed by atoms with Crippen molar-refractivity contribution in [1.82, 2.24) is 15.0 Å². The maximum Gasteiger partial charge on any atom is 0.586 e. The summed E-state index contributed by atoms with van der Waals surface area (Å²) < 4.78 is 188. The molecule has 0 bridgehead atoms. The zero-order valence-corrected chi connectivity index (χ0v) is 77.2. The van der Waals surface area contributed by atoms with Gasteiger partial charge in [0.1, 0.15) is 78.0 Å². The molecule has 3 atom stereocenters. The quantitative estimate of drug-likeness (QED) is 0.0150. The van der Waals surface area contributed by atoms with Crippen molar-refractivity contribution in [2.75, 3.05) is 55.6 Å². The zero-order chi connectivity index (χ0) is 96.8. The summed E-state index contributed by atoms with van der Waals surface area (Å²) in [7, 11) is -4.37. The molecule has 29 nitrogen and oxygen atoms in total. The van der Waals surface area contributed by atoms with Crippen molar-refractivity contribution >= 4 is 69.5 Å². The lowest BCUT2D eigenvalue weighted by atomic mass is 9.79. The lowest BCUT2D eigenvalue weighted by molar-refractivity contribution is -0.287. The van der Waals surface area contributed by atoms with Crippen molar-refractivity contribution in [3.63, 3.8) is 0 Å². The molecule has 3 aromatic heterocycles. The molecule has 9 heterocycles. The van der Waals surface area contributed by atoms with Crippen LogP contribution in [0, 0.1) is 27.7 Å². The van der Waals surface area contributed by atoms with E-state index in [4.69, 9.17) is 68.7 Å². The molecule has 6 N–H and O–H groups in total. The lowest BCUT2D eigenvalue weighted by Gasteiger charge is -2.32. The molecule has 7 aromatic carbocycles. The first-order valence-corrected chi connectivity index (χ1v) is 45.2. The smallest absolute Gasteiger partial charge is 0.491 e. The molecule has 0 spiro atoms. The third-order valence-electron chi connectivity index (χ3n) is 24.0. The number of hydrogen-bond acceptors (Lipinski definition) is 25. The fourth-order valence-electron chi connectivity index (χ4n) is 15.3. The molecule has 6 aliphatic heterocycles. The van der Waals surface area contributed by atoms with E-state index in [0.29, 0.717) is 121 Å². The number of benzene rings is 7. The summed E-state index contributed by atoms with van der Waals surface area (Å²) >= 11 is 5.97. The second kappa shape index (κ2) is 38.0. The topological polar surface area (TPSA) is 359 Å². The molecule has 3 saturated heterocycles. The number of aryl methyl sites for hydroxylation is 4. The predicted molar refractivity (Wildman–Crippen MR) is 482 cm³/mol. The van der Waals surface area contributed by atoms with E-state index in [1.807, 2.05) is 128 Å². The van der Waals surface area contributed by atoms with E-state index in [-0.39, 0.29) is 101 Å². The van der Waals surface area contributed by atoms with Crippen LogP contribution in [0.3, 0.4) is 0 Å². The van der Waals surface area contributed by atoms with Crippen molar-refractivity contribution in [2.24, 2.45) is 0 Å². The van der Waals surface area contributed by atoms with Crippen molar-refractivity contribution in [3.8, 4) is 74.3 Å². The minimum atomic E-state index is -4.02. The van der Waals surface area contributed by atoms with Crippen LogP contribution in [0.25, 0.3) is 22.5 Å². The van der Waals surface area contributed by atoms with Gasteiger partial charge in [-0.05, 0) is 288 Å². The normalized spacial score (nSPS) is 20.1. The summed E-state index contributed by atoms with van der Waals surface area (Å²) in [4.78, 5) is 52.6. The summed E-state index contributed by atoms with van der Waals surface area (Å²) in [5.74, 6) is 0.848. The number of pyridine rings is 3. The second-order valence-electron chi connectivity index (χ2n) is 35.8. The molecule has 10 aromatic rings. The monoisotopic (exact) mass is 1910 g/mol. The molecule has 6 fully saturated rings. The SMILES string of the molecule is CC1(C)OC[C@@H](COc2ccc(B3OC(C)(C)C(C)(C)O3)cc2)O1.Cc1ccc(NC(=O)C2(c3ccc4c(c3)OC(F)(F)O4)CC2)nc1-c1ccc(OC[C@@H](O)CO)cc1.Cc1ccc(NC(=O)C2(c3ccc4c(c3)OC(F)(F)O4)CC2)nc1-c1ccc(OC[C@@H]2COC(C)(C)O2)cc1.Cc1ccc(NC(=O)C2(c3ccc4c(c3)OC(F)(F)O4)CC2)nc1Cl.Cc1ccc(S(=O)(=O)O)cc1. The van der Waals surface area contributed by atoms with Crippen LogP contribution in [0.15, 0.2) is 193 Å². The van der Waals surface area contributed by atoms with Gasteiger partial charge in [0.25, 0.3) is 10.1 Å². The number of halogens is 7. The fourth-order valence-corrected chi connectivity index (χ4v) is 15.9. The Bertz CT molecular complexity index is 6160. The number of nitrogens with one attached hydrogen (secondary N) is 3. The van der Waals surface area contributed by atoms with E-state index in [2.05, 4.69) is 82.0 Å². The molecule has 38 heteroatoms. The number of fused-ring (bicyclic) bond motifs is 3. The number of hydrogen-bond donors (Lipinski definition) is 6. The molecule has 714 valence electrons. The molecule has 135 heavy (non-hydrogen) atoms. The summed E-state index contributed by atoms with van der Waals surface area (Å²) in [6.45, 7) is 24.8. The number of anilines is 3. The largest absolute Gasteiger partial charge is 0.586 e. The third-order valence-corrected chi connectivity index (χ3v) is 25.3. The summed E-state index contributed by atoms with van der Waals surface area (Å²) in [5, 5.41) is 27.2. The summed E-state index contributed by atoms with van der Waals surface area (Å²) in [6, 6.07) is 52.4. The first-order valence-electron chi connectivity index (χ1n) is 43.3. The van der Waals surface area contributed by atoms with Crippen molar-refractivity contribution in [2.45, 2.75) is 203 Å². The molecule has 3 amide bonds. The van der Waals surface area contributed by atoms with Crippen LogP contribution in [0.5, 0.6) is 51.7 Å². The van der Waals surface area contributed by atoms with Gasteiger partial charge < -0.3 is 97.1 Å². The Morgan fingerprint density at radius 2 is 0.800 bits per heavy atom. The van der Waals surface area contributed by atoms with Crippen LogP contribution in [-0.4, -0.2) is 163 Å². The number of amides is 3. The zero-order valence-electron chi connectivity index (χ0n) is 75.6. The van der Waals surface area contributed by atoms with E-state index in [9.17, 15) is 54.3 Å². The van der Waals surface area contributed by atoms with E-state index in [1.165, 1.54) is 48.5 Å². The standard InChI is InChI=1S/C29H28F2N2O6.C26H24F2N2O6.C18H27BO5.C17H13ClF2N2O3.C7H8O3S/c1-17-4-11-24(32-25(17)18-5-8-20(9-6-18)35-15-21-16-36-27(2,3)37-21)33-26(34)28(12-13-28)19-7-10-22-23(14-19)39-29(30,31)38-22;1-15-2-9-22(29-23(15)16-3-6-19(7-4-16)34-14-18(32)13-31)30-24(33)25(10-11-25)17-5-8-20-21(12-17)36-26(27,28)35-20;1-16(2)17(3,4)24-19(23-16)13-7-9-14(10-8-13)20-11-15-12-21-18(5,6)22-15;1-9-2-5-13(21-14(9)18)22-15(23)16(6-7-16)10-3-4-11-12(8-10)25-17(19,20)24-11;1-6-2-4-7(5-3-6)11(8,9)10/h4-11,14,21H,12-13,15-16H2,1-3H3,(H,32,33,34);2-9,12,18,31-32H,10-11,13-14H2,1H3,(H,29,30,33);7-10,15H,11-12H2,1-6H3;2-5,8H,6-7H2,1H3,(H,21,22,23);2-5H,1H3,(H,8,9,10)/t21-;18-;15-;;/m101../s1. The molecule has 19 rings (SSSR count). The maximum absolute atomic E-state index is 13.4. The Kier molecular flexibility index (Phi) is 27.5. The van der Waals surface area contributed by atoms with Gasteiger partial charge in [0.05, 0.1) is 63.6 Å². The number of nitrogens with zero attached hydrogens (tertiary/aromatic N) is 3.